The van der Waals surface area contributed by atoms with Gasteiger partial charge in [0.15, 0.2) is 0 Å². The molecule has 4 heterocycles. The summed E-state index contributed by atoms with van der Waals surface area (Å²) in [5.74, 6) is 1.28. The topological polar surface area (TPSA) is 94.1 Å². The molecule has 2 aliphatic heterocycles. The Morgan fingerprint density at radius 2 is 1.84 bits per heavy atom. The highest BCUT2D eigenvalue weighted by atomic mass is 32.2. The second kappa shape index (κ2) is 8.22. The first kappa shape index (κ1) is 21.5. The van der Waals surface area contributed by atoms with Gasteiger partial charge in [0.2, 0.25) is 5.89 Å². The lowest BCUT2D eigenvalue weighted by Crippen LogP contribution is -2.45. The number of halogens is 1. The van der Waals surface area contributed by atoms with Gasteiger partial charge in [-0.25, -0.2) is 12.8 Å². The van der Waals surface area contributed by atoms with Crippen LogP contribution in [0.4, 0.5) is 4.39 Å². The lowest BCUT2D eigenvalue weighted by molar-refractivity contribution is 0.134. The van der Waals surface area contributed by atoms with Crippen molar-refractivity contribution in [1.82, 2.24) is 24.8 Å². The number of fused-ring (bicyclic) bond motifs is 1. The number of likely N-dealkylation sites (tertiary alicyclic amines) is 1. The van der Waals surface area contributed by atoms with Crippen molar-refractivity contribution in [2.45, 2.75) is 57.4 Å². The number of aromatic nitrogens is 4. The molecule has 1 aromatic carbocycles. The quantitative estimate of drug-likeness (QED) is 0.587. The van der Waals surface area contributed by atoms with Gasteiger partial charge in [-0.3, -0.25) is 0 Å². The summed E-state index contributed by atoms with van der Waals surface area (Å²) in [6, 6.07) is 5.31. The zero-order chi connectivity index (χ0) is 22.5. The van der Waals surface area contributed by atoms with Crippen molar-refractivity contribution in [3.05, 3.63) is 35.6 Å². The van der Waals surface area contributed by atoms with Crippen molar-refractivity contribution in [2.75, 3.05) is 24.6 Å². The van der Waals surface area contributed by atoms with Gasteiger partial charge in [-0.2, -0.15) is 14.8 Å². The van der Waals surface area contributed by atoms with E-state index in [1.54, 1.807) is 6.07 Å². The van der Waals surface area contributed by atoms with E-state index in [9.17, 15) is 12.8 Å². The van der Waals surface area contributed by atoms with Gasteiger partial charge < -0.3 is 9.42 Å². The van der Waals surface area contributed by atoms with Crippen LogP contribution in [0.1, 0.15) is 63.0 Å². The molecule has 3 aromatic rings. The van der Waals surface area contributed by atoms with Crippen molar-refractivity contribution < 1.29 is 17.3 Å². The number of sulfone groups is 1. The van der Waals surface area contributed by atoms with Crippen LogP contribution >= 0.6 is 0 Å². The maximum absolute atomic E-state index is 14.6. The fourth-order valence-electron chi connectivity index (χ4n) is 4.95. The number of hydrogen-bond donors (Lipinski definition) is 0. The summed E-state index contributed by atoms with van der Waals surface area (Å²) in [6.07, 6.45) is 3.17. The van der Waals surface area contributed by atoms with Crippen LogP contribution in [-0.4, -0.2) is 63.9 Å². The van der Waals surface area contributed by atoms with Crippen LogP contribution in [-0.2, 0) is 9.84 Å². The second-order valence-electron chi connectivity index (χ2n) is 9.21. The second-order valence-corrected chi connectivity index (χ2v) is 11.5. The Morgan fingerprint density at radius 1 is 1.12 bits per heavy atom. The molecule has 0 spiro atoms. The molecule has 5 rings (SSSR count). The third-order valence-corrected chi connectivity index (χ3v) is 8.48. The van der Waals surface area contributed by atoms with Gasteiger partial charge in [-0.1, -0.05) is 26.0 Å². The summed E-state index contributed by atoms with van der Waals surface area (Å²) in [7, 11) is -2.85. The Bertz CT molecular complexity index is 1210. The van der Waals surface area contributed by atoms with Gasteiger partial charge in [0.25, 0.3) is 5.95 Å². The number of nitrogens with zero attached hydrogens (tertiary/aromatic N) is 5. The molecule has 0 bridgehead atoms. The van der Waals surface area contributed by atoms with Gasteiger partial charge in [0.1, 0.15) is 21.2 Å². The maximum atomic E-state index is 14.6. The maximum Gasteiger partial charge on any atom is 0.291 e. The number of rotatable bonds is 4. The largest absolute Gasteiger partial charge is 0.337 e. The first-order chi connectivity index (χ1) is 15.3. The summed E-state index contributed by atoms with van der Waals surface area (Å²) in [4.78, 5) is 6.98. The van der Waals surface area contributed by atoms with E-state index in [0.29, 0.717) is 30.3 Å². The molecule has 172 valence electrons. The molecule has 0 radical (unpaired) electrons. The van der Waals surface area contributed by atoms with Crippen molar-refractivity contribution in [2.24, 2.45) is 0 Å². The Morgan fingerprint density at radius 3 is 2.53 bits per heavy atom. The zero-order valence-electron chi connectivity index (χ0n) is 18.4. The molecule has 8 nitrogen and oxygen atoms in total. The first-order valence-electron chi connectivity index (χ1n) is 11.3. The fourth-order valence-corrected chi connectivity index (χ4v) is 6.42. The van der Waals surface area contributed by atoms with E-state index >= 15 is 0 Å². The molecule has 0 unspecified atom stereocenters. The standard InChI is InChI=1S/C22H28FN5O3S/c1-14(2)19-17-4-3-5-18(23)20(17)28(25-19)22-24-21(31-26-22)15-6-10-27(11-7-15)16-8-12-32(29,30)13-9-16/h3-5,14-16H,6-13H2,1-2H3. The van der Waals surface area contributed by atoms with Crippen LogP contribution in [0.3, 0.4) is 0 Å². The molecule has 0 atom stereocenters. The highest BCUT2D eigenvalue weighted by Crippen LogP contribution is 2.32. The highest BCUT2D eigenvalue weighted by molar-refractivity contribution is 7.91. The molecule has 0 aliphatic carbocycles. The van der Waals surface area contributed by atoms with Crippen LogP contribution in [0, 0.1) is 5.82 Å². The zero-order valence-corrected chi connectivity index (χ0v) is 19.2. The predicted octanol–water partition coefficient (Wildman–Crippen LogP) is 3.43. The Labute approximate surface area is 186 Å². The lowest BCUT2D eigenvalue weighted by atomic mass is 9.94. The molecule has 0 saturated carbocycles. The van der Waals surface area contributed by atoms with E-state index in [-0.39, 0.29) is 35.1 Å². The van der Waals surface area contributed by atoms with Crippen molar-refractivity contribution in [1.29, 1.82) is 0 Å². The molecule has 2 saturated heterocycles. The van der Waals surface area contributed by atoms with E-state index in [4.69, 9.17) is 4.52 Å². The third kappa shape index (κ3) is 3.94. The van der Waals surface area contributed by atoms with Crippen LogP contribution in [0.2, 0.25) is 0 Å². The smallest absolute Gasteiger partial charge is 0.291 e. The highest BCUT2D eigenvalue weighted by Gasteiger charge is 2.32. The Hall–Kier alpha value is -2.33. The van der Waals surface area contributed by atoms with Gasteiger partial charge in [-0.15, -0.1) is 0 Å². The number of piperidine rings is 1. The van der Waals surface area contributed by atoms with E-state index < -0.39 is 9.84 Å². The number of hydrogen-bond acceptors (Lipinski definition) is 7. The normalized spacial score (nSPS) is 21.0. The van der Waals surface area contributed by atoms with E-state index in [2.05, 4.69) is 20.1 Å². The minimum absolute atomic E-state index is 0.131. The van der Waals surface area contributed by atoms with E-state index in [1.807, 2.05) is 19.9 Å². The van der Waals surface area contributed by atoms with Gasteiger partial charge >= 0.3 is 0 Å². The van der Waals surface area contributed by atoms with Crippen molar-refractivity contribution in [3.63, 3.8) is 0 Å². The molecule has 0 amide bonds. The SMILES string of the molecule is CC(C)c1nn(-c2noc(C3CCN(C4CCS(=O)(=O)CC4)CC3)n2)c2c(F)cccc12. The number of para-hydroxylation sites is 1. The monoisotopic (exact) mass is 461 g/mol. The average Bonchev–Trinajstić information content (AvgIpc) is 3.40. The van der Waals surface area contributed by atoms with Crippen LogP contribution in [0.5, 0.6) is 0 Å². The predicted molar refractivity (Wildman–Crippen MR) is 118 cm³/mol. The summed E-state index contributed by atoms with van der Waals surface area (Å²) in [5, 5.41) is 9.47. The summed E-state index contributed by atoms with van der Waals surface area (Å²) in [5.41, 5.74) is 1.17. The minimum Gasteiger partial charge on any atom is -0.337 e. The van der Waals surface area contributed by atoms with Crippen LogP contribution in [0.15, 0.2) is 22.7 Å². The molecule has 32 heavy (non-hydrogen) atoms. The Kier molecular flexibility index (Phi) is 5.53. The minimum atomic E-state index is -2.85. The molecule has 0 N–H and O–H groups in total. The molecule has 2 aromatic heterocycles. The first-order valence-corrected chi connectivity index (χ1v) is 13.1. The molecular formula is C22H28FN5O3S. The number of benzene rings is 1. The van der Waals surface area contributed by atoms with Crippen LogP contribution in [0.25, 0.3) is 16.9 Å². The summed E-state index contributed by atoms with van der Waals surface area (Å²) < 4.78 is 45.1. The van der Waals surface area contributed by atoms with E-state index in [0.717, 1.165) is 37.0 Å². The lowest BCUT2D eigenvalue weighted by Gasteiger charge is -2.38. The van der Waals surface area contributed by atoms with Crippen molar-refractivity contribution in [3.8, 4) is 5.95 Å². The molecule has 10 heteroatoms. The Balaban J connectivity index is 1.32. The summed E-state index contributed by atoms with van der Waals surface area (Å²) >= 11 is 0. The fraction of sp³-hybridized carbons (Fsp3) is 0.591. The van der Waals surface area contributed by atoms with Gasteiger partial charge in [0, 0.05) is 17.3 Å². The third-order valence-electron chi connectivity index (χ3n) is 6.77. The molecule has 2 aliphatic rings. The average molecular weight is 462 g/mol. The van der Waals surface area contributed by atoms with E-state index in [1.165, 1.54) is 10.7 Å². The molecular weight excluding hydrogens is 433 g/mol. The van der Waals surface area contributed by atoms with Crippen LogP contribution < -0.4 is 0 Å². The molecule has 2 fully saturated rings. The van der Waals surface area contributed by atoms with Gasteiger partial charge in [0.05, 0.1) is 17.2 Å². The summed E-state index contributed by atoms with van der Waals surface area (Å²) in [6.45, 7) is 5.80. The van der Waals surface area contributed by atoms with Gasteiger partial charge in [-0.05, 0) is 55.9 Å². The van der Waals surface area contributed by atoms with Crippen molar-refractivity contribution >= 4 is 20.7 Å².